The van der Waals surface area contributed by atoms with Crippen molar-refractivity contribution in [1.82, 2.24) is 23.9 Å². The van der Waals surface area contributed by atoms with Crippen molar-refractivity contribution >= 4 is 30.3 Å². The van der Waals surface area contributed by atoms with E-state index < -0.39 is 43.9 Å². The highest BCUT2D eigenvalue weighted by atomic mass is 31.2. The molecule has 0 radical (unpaired) electrons. The summed E-state index contributed by atoms with van der Waals surface area (Å²) in [4.78, 5) is 41.3. The molecular weight excluding hydrogens is 475 g/mol. The van der Waals surface area contributed by atoms with E-state index in [-0.39, 0.29) is 11.3 Å². The summed E-state index contributed by atoms with van der Waals surface area (Å²) in [6, 6.07) is 5.90. The summed E-state index contributed by atoms with van der Waals surface area (Å²) in [5.74, 6) is 0. The average molecular weight is 492 g/mol. The summed E-state index contributed by atoms with van der Waals surface area (Å²) in [5.41, 5.74) is 2.19. The first kappa shape index (κ1) is 22.5. The molecule has 4 aromatic rings. The number of imidazole rings is 2. The number of nitro groups is 1. The Balaban J connectivity index is 1.47. The first-order valence-corrected chi connectivity index (χ1v) is 11.3. The molecule has 178 valence electrons. The van der Waals surface area contributed by atoms with E-state index in [1.165, 1.54) is 29.4 Å². The minimum Gasteiger partial charge on any atom is -0.387 e. The minimum absolute atomic E-state index is 0.0443. The Morgan fingerprint density at radius 2 is 1.85 bits per heavy atom. The fourth-order valence-electron chi connectivity index (χ4n) is 3.76. The van der Waals surface area contributed by atoms with Crippen LogP contribution in [-0.2, 0) is 13.8 Å². The number of aliphatic hydroxyl groups excluding tert-OH is 2. The number of benzene rings is 1. The summed E-state index contributed by atoms with van der Waals surface area (Å²) in [7, 11) is -4.79. The van der Waals surface area contributed by atoms with Crippen molar-refractivity contribution < 1.29 is 38.7 Å². The van der Waals surface area contributed by atoms with E-state index in [1.807, 2.05) is 0 Å². The van der Waals surface area contributed by atoms with Gasteiger partial charge < -0.3 is 24.7 Å². The van der Waals surface area contributed by atoms with E-state index >= 15 is 0 Å². The number of phosphoric ester groups is 1. The number of hydrogen-bond acceptors (Lipinski definition) is 10. The van der Waals surface area contributed by atoms with Crippen molar-refractivity contribution in [2.24, 2.45) is 0 Å². The Morgan fingerprint density at radius 3 is 2.53 bits per heavy atom. The van der Waals surface area contributed by atoms with Crippen LogP contribution in [0.2, 0.25) is 0 Å². The third-order valence-corrected chi connectivity index (χ3v) is 5.89. The molecule has 3 aromatic heterocycles. The summed E-state index contributed by atoms with van der Waals surface area (Å²) in [5, 5.41) is 31.5. The van der Waals surface area contributed by atoms with E-state index in [1.54, 1.807) is 22.7 Å². The van der Waals surface area contributed by atoms with Crippen LogP contribution in [0.1, 0.15) is 6.23 Å². The number of aromatic nitrogens is 5. The number of non-ortho nitro benzene ring substituents is 1. The zero-order valence-electron chi connectivity index (χ0n) is 17.0. The Labute approximate surface area is 189 Å². The minimum atomic E-state index is -4.79. The number of ether oxygens (including phenoxy) is 1. The summed E-state index contributed by atoms with van der Waals surface area (Å²) in [6.07, 6.45) is -0.788. The van der Waals surface area contributed by atoms with Crippen LogP contribution in [0.25, 0.3) is 28.1 Å². The van der Waals surface area contributed by atoms with Gasteiger partial charge in [-0.15, -0.1) is 0 Å². The van der Waals surface area contributed by atoms with Crippen molar-refractivity contribution in [3.8, 4) is 11.3 Å². The van der Waals surface area contributed by atoms with Gasteiger partial charge in [0.05, 0.1) is 23.6 Å². The molecule has 0 spiro atoms. The van der Waals surface area contributed by atoms with Crippen molar-refractivity contribution in [3.63, 3.8) is 0 Å². The predicted molar refractivity (Wildman–Crippen MR) is 112 cm³/mol. The van der Waals surface area contributed by atoms with Crippen LogP contribution < -0.4 is 0 Å². The maximum Gasteiger partial charge on any atom is 0.469 e. The predicted octanol–water partition coefficient (Wildman–Crippen LogP) is 0.383. The van der Waals surface area contributed by atoms with Crippen LogP contribution in [0.3, 0.4) is 0 Å². The molecule has 1 aliphatic heterocycles. The van der Waals surface area contributed by atoms with Crippen molar-refractivity contribution in [1.29, 1.82) is 0 Å². The lowest BCUT2D eigenvalue weighted by atomic mass is 10.1. The standard InChI is InChI=1S/C18H17N6O9P/c25-14-12(6-32-34(29,30)31)33-18(15(14)26)23-8-19-13-16(23)20-7-22-5-11(21-17(13)22)9-1-3-10(4-2-9)24(27)28/h1-5,7-8,12,14-15,18,25-26H,6H2,(H2,29,30,31)/t12-,14-,15-,18-/m1/s1. The highest BCUT2D eigenvalue weighted by Crippen LogP contribution is 2.39. The number of nitro benzene ring substituents is 1. The first-order chi connectivity index (χ1) is 16.1. The SMILES string of the molecule is O=[N+]([O-])c1ccc(-c2cn3cnc4c(ncn4[C@@H]4O[C@H](COP(=O)(O)O)[C@@H](O)[C@H]4O)c3n2)cc1. The molecule has 15 nitrogen and oxygen atoms in total. The van der Waals surface area contributed by atoms with E-state index in [9.17, 15) is 24.9 Å². The maximum atomic E-state index is 10.9. The molecule has 0 aliphatic carbocycles. The normalized spacial score (nSPS) is 23.2. The van der Waals surface area contributed by atoms with Gasteiger partial charge in [0.15, 0.2) is 23.0 Å². The lowest BCUT2D eigenvalue weighted by Crippen LogP contribution is -2.33. The largest absolute Gasteiger partial charge is 0.469 e. The number of nitrogens with zero attached hydrogens (tertiary/aromatic N) is 6. The van der Waals surface area contributed by atoms with E-state index in [0.29, 0.717) is 22.4 Å². The Bertz CT molecular complexity index is 1430. The molecule has 4 N–H and O–H groups in total. The van der Waals surface area contributed by atoms with Gasteiger partial charge in [-0.3, -0.25) is 23.6 Å². The smallest absolute Gasteiger partial charge is 0.387 e. The lowest BCUT2D eigenvalue weighted by Gasteiger charge is -2.16. The number of aliphatic hydroxyl groups is 2. The van der Waals surface area contributed by atoms with Gasteiger partial charge in [-0.25, -0.2) is 19.5 Å². The average Bonchev–Trinajstić information content (AvgIpc) is 3.48. The van der Waals surface area contributed by atoms with Crippen LogP contribution in [0.4, 0.5) is 5.69 Å². The molecule has 1 aromatic carbocycles. The number of fused-ring (bicyclic) bond motifs is 3. The molecule has 16 heteroatoms. The molecule has 1 saturated heterocycles. The van der Waals surface area contributed by atoms with Crippen LogP contribution in [0.15, 0.2) is 43.1 Å². The monoisotopic (exact) mass is 492 g/mol. The second-order valence-electron chi connectivity index (χ2n) is 7.56. The van der Waals surface area contributed by atoms with Gasteiger partial charge in [0.25, 0.3) is 5.69 Å². The molecule has 0 saturated carbocycles. The quantitative estimate of drug-likeness (QED) is 0.164. The maximum absolute atomic E-state index is 10.9. The summed E-state index contributed by atoms with van der Waals surface area (Å²) >= 11 is 0. The zero-order chi connectivity index (χ0) is 24.2. The molecule has 0 bridgehead atoms. The summed E-state index contributed by atoms with van der Waals surface area (Å²) < 4.78 is 23.9. The van der Waals surface area contributed by atoms with Gasteiger partial charge in [0, 0.05) is 23.9 Å². The lowest BCUT2D eigenvalue weighted by molar-refractivity contribution is -0.384. The fourth-order valence-corrected chi connectivity index (χ4v) is 4.10. The Morgan fingerprint density at radius 1 is 1.12 bits per heavy atom. The molecule has 0 amide bonds. The molecule has 0 unspecified atom stereocenters. The van der Waals surface area contributed by atoms with E-state index in [4.69, 9.17) is 14.5 Å². The molecular formula is C18H17N6O9P. The third-order valence-electron chi connectivity index (χ3n) is 5.41. The highest BCUT2D eigenvalue weighted by molar-refractivity contribution is 7.46. The van der Waals surface area contributed by atoms with Gasteiger partial charge in [0.2, 0.25) is 0 Å². The fraction of sp³-hybridized carbons (Fsp3) is 0.278. The van der Waals surface area contributed by atoms with Crippen molar-refractivity contribution in [3.05, 3.63) is 53.2 Å². The van der Waals surface area contributed by atoms with Crippen molar-refractivity contribution in [2.75, 3.05) is 6.61 Å². The number of rotatable bonds is 6. The Kier molecular flexibility index (Phi) is 5.41. The van der Waals surface area contributed by atoms with Crippen LogP contribution in [-0.4, -0.2) is 73.8 Å². The third kappa shape index (κ3) is 3.95. The van der Waals surface area contributed by atoms with E-state index in [2.05, 4.69) is 19.5 Å². The van der Waals surface area contributed by atoms with Gasteiger partial charge >= 0.3 is 7.82 Å². The topological polar surface area (TPSA) is 208 Å². The van der Waals surface area contributed by atoms with Crippen LogP contribution in [0.5, 0.6) is 0 Å². The second-order valence-corrected chi connectivity index (χ2v) is 8.80. The summed E-state index contributed by atoms with van der Waals surface area (Å²) in [6.45, 7) is -0.637. The van der Waals surface area contributed by atoms with Gasteiger partial charge in [0.1, 0.15) is 24.6 Å². The highest BCUT2D eigenvalue weighted by Gasteiger charge is 2.45. The Hall–Kier alpha value is -3.30. The van der Waals surface area contributed by atoms with Gasteiger partial charge in [-0.05, 0) is 12.1 Å². The molecule has 5 rings (SSSR count). The number of phosphoric acid groups is 1. The molecule has 1 fully saturated rings. The van der Waals surface area contributed by atoms with Gasteiger partial charge in [-0.1, -0.05) is 0 Å². The molecule has 4 heterocycles. The zero-order valence-corrected chi connectivity index (χ0v) is 17.9. The molecule has 1 aliphatic rings. The van der Waals surface area contributed by atoms with Crippen LogP contribution in [0, 0.1) is 10.1 Å². The van der Waals surface area contributed by atoms with E-state index in [0.717, 1.165) is 0 Å². The van der Waals surface area contributed by atoms with Gasteiger partial charge in [-0.2, -0.15) is 0 Å². The number of hydrogen-bond donors (Lipinski definition) is 4. The molecule has 4 atom stereocenters. The van der Waals surface area contributed by atoms with Crippen LogP contribution >= 0.6 is 7.82 Å². The van der Waals surface area contributed by atoms with Crippen molar-refractivity contribution in [2.45, 2.75) is 24.5 Å². The molecule has 34 heavy (non-hydrogen) atoms. The first-order valence-electron chi connectivity index (χ1n) is 9.79. The second kappa shape index (κ2) is 8.18.